The summed E-state index contributed by atoms with van der Waals surface area (Å²) in [7, 11) is 1.32. The molecule has 2 heterocycles. The largest absolute Gasteiger partial charge is 0.468 e. The summed E-state index contributed by atoms with van der Waals surface area (Å²) in [5, 5.41) is 9.17. The fraction of sp³-hybridized carbons (Fsp3) is 0.200. The van der Waals surface area contributed by atoms with Gasteiger partial charge in [0.25, 0.3) is 0 Å². The number of aromatic nitrogens is 4. The van der Waals surface area contributed by atoms with Gasteiger partial charge in [0.15, 0.2) is 5.78 Å². The topological polar surface area (TPSA) is 79.0 Å². The molecule has 22 heavy (non-hydrogen) atoms. The Labute approximate surface area is 126 Å². The van der Waals surface area contributed by atoms with E-state index in [2.05, 4.69) is 14.9 Å². The molecule has 0 N–H and O–H groups in total. The lowest BCUT2D eigenvalue weighted by atomic mass is 10.1. The molecule has 0 atom stereocenters. The van der Waals surface area contributed by atoms with Crippen molar-refractivity contribution in [3.63, 3.8) is 0 Å². The van der Waals surface area contributed by atoms with Crippen LogP contribution in [0.2, 0.25) is 0 Å². The molecule has 0 aliphatic heterocycles. The minimum atomic E-state index is -0.398. The Bertz CT molecular complexity index is 849. The van der Waals surface area contributed by atoms with Gasteiger partial charge in [-0.3, -0.25) is 14.3 Å². The summed E-state index contributed by atoms with van der Waals surface area (Å²) < 4.78 is 7.80. The quantitative estimate of drug-likeness (QED) is 0.540. The number of nitrogens with zero attached hydrogens (tertiary/aromatic N) is 4. The van der Waals surface area contributed by atoms with E-state index in [-0.39, 0.29) is 12.3 Å². The molecule has 0 bridgehead atoms. The SMILES string of the molecule is COC(=O)Cn1ncc2cc(-n3cccn3)c(C(C)=O)cc21. The Kier molecular flexibility index (Phi) is 3.46. The molecule has 0 unspecified atom stereocenters. The molecule has 7 heteroatoms. The molecule has 0 radical (unpaired) electrons. The summed E-state index contributed by atoms with van der Waals surface area (Å²) in [4.78, 5) is 23.4. The molecule has 1 aromatic carbocycles. The number of methoxy groups -OCH3 is 1. The van der Waals surface area contributed by atoms with Crippen molar-refractivity contribution < 1.29 is 14.3 Å². The first-order chi connectivity index (χ1) is 10.6. The number of ether oxygens (including phenoxy) is 1. The zero-order valence-electron chi connectivity index (χ0n) is 12.2. The first kappa shape index (κ1) is 14.0. The Morgan fingerprint density at radius 3 is 2.73 bits per heavy atom. The molecule has 0 saturated carbocycles. The summed E-state index contributed by atoms with van der Waals surface area (Å²) in [5.41, 5.74) is 1.90. The van der Waals surface area contributed by atoms with E-state index in [0.717, 1.165) is 5.39 Å². The number of hydrogen-bond donors (Lipinski definition) is 0. The van der Waals surface area contributed by atoms with Crippen LogP contribution in [-0.2, 0) is 16.1 Å². The first-order valence-corrected chi connectivity index (χ1v) is 6.67. The number of rotatable bonds is 4. The van der Waals surface area contributed by atoms with E-state index in [9.17, 15) is 9.59 Å². The summed E-state index contributed by atoms with van der Waals surface area (Å²) in [6.45, 7) is 1.49. The van der Waals surface area contributed by atoms with Gasteiger partial charge in [0.2, 0.25) is 0 Å². The zero-order valence-corrected chi connectivity index (χ0v) is 12.2. The monoisotopic (exact) mass is 298 g/mol. The average Bonchev–Trinajstić information content (AvgIpc) is 3.15. The molecule has 0 fully saturated rings. The second-order valence-corrected chi connectivity index (χ2v) is 4.81. The molecule has 2 aromatic heterocycles. The normalized spacial score (nSPS) is 10.8. The third kappa shape index (κ3) is 2.37. The average molecular weight is 298 g/mol. The van der Waals surface area contributed by atoms with E-state index in [1.165, 1.54) is 18.7 Å². The van der Waals surface area contributed by atoms with Crippen molar-refractivity contribution in [2.75, 3.05) is 7.11 Å². The molecule has 7 nitrogen and oxygen atoms in total. The number of Topliss-reactive ketones (excluding diaryl/α,β-unsaturated/α-hetero) is 1. The van der Waals surface area contributed by atoms with Crippen LogP contribution in [0, 0.1) is 0 Å². The lowest BCUT2D eigenvalue weighted by molar-refractivity contribution is -0.141. The minimum Gasteiger partial charge on any atom is -0.468 e. The van der Waals surface area contributed by atoms with E-state index in [4.69, 9.17) is 0 Å². The van der Waals surface area contributed by atoms with Crippen LogP contribution in [0.5, 0.6) is 0 Å². The Balaban J connectivity index is 2.17. The van der Waals surface area contributed by atoms with Gasteiger partial charge in [-0.25, -0.2) is 4.68 Å². The predicted octanol–water partition coefficient (Wildman–Crippen LogP) is 1.60. The van der Waals surface area contributed by atoms with Gasteiger partial charge in [-0.2, -0.15) is 10.2 Å². The van der Waals surface area contributed by atoms with Crippen LogP contribution in [0.25, 0.3) is 16.6 Å². The molecular formula is C15H14N4O3. The van der Waals surface area contributed by atoms with Crippen LogP contribution in [0.4, 0.5) is 0 Å². The van der Waals surface area contributed by atoms with Gasteiger partial charge >= 0.3 is 5.97 Å². The Morgan fingerprint density at radius 2 is 2.09 bits per heavy atom. The van der Waals surface area contributed by atoms with Crippen LogP contribution < -0.4 is 0 Å². The highest BCUT2D eigenvalue weighted by molar-refractivity contribution is 6.01. The maximum Gasteiger partial charge on any atom is 0.327 e. The fourth-order valence-electron chi connectivity index (χ4n) is 2.31. The van der Waals surface area contributed by atoms with Crippen LogP contribution in [-0.4, -0.2) is 38.4 Å². The highest BCUT2D eigenvalue weighted by Gasteiger charge is 2.15. The third-order valence-electron chi connectivity index (χ3n) is 3.40. The number of benzene rings is 1. The van der Waals surface area contributed by atoms with Gasteiger partial charge in [0, 0.05) is 23.3 Å². The smallest absolute Gasteiger partial charge is 0.327 e. The molecule has 0 saturated heterocycles. The lowest BCUT2D eigenvalue weighted by Gasteiger charge is -2.09. The molecule has 3 rings (SSSR count). The van der Waals surface area contributed by atoms with Crippen molar-refractivity contribution in [3.05, 3.63) is 42.4 Å². The van der Waals surface area contributed by atoms with Crippen LogP contribution in [0.3, 0.4) is 0 Å². The van der Waals surface area contributed by atoms with Crippen molar-refractivity contribution in [1.29, 1.82) is 0 Å². The molecule has 3 aromatic rings. The number of ketones is 1. The molecule has 0 spiro atoms. The zero-order chi connectivity index (χ0) is 15.7. The molecule has 0 aliphatic rings. The molecule has 112 valence electrons. The van der Waals surface area contributed by atoms with Gasteiger partial charge in [-0.05, 0) is 25.1 Å². The van der Waals surface area contributed by atoms with Crippen molar-refractivity contribution >= 4 is 22.7 Å². The highest BCUT2D eigenvalue weighted by atomic mass is 16.5. The summed E-state index contributed by atoms with van der Waals surface area (Å²) in [5.74, 6) is -0.483. The standard InChI is InChI=1S/C15H14N4O3/c1-10(20)12-7-13-11(6-14(12)18-5-3-4-16-18)8-17-19(13)9-15(21)22-2/h3-8H,9H2,1-2H3. The number of carbonyl (C=O) groups is 2. The van der Waals surface area contributed by atoms with Crippen molar-refractivity contribution in [1.82, 2.24) is 19.6 Å². The molecule has 0 aliphatic carbocycles. The minimum absolute atomic E-state index is 0.00153. The molecular weight excluding hydrogens is 284 g/mol. The second-order valence-electron chi connectivity index (χ2n) is 4.81. The van der Waals surface area contributed by atoms with E-state index in [0.29, 0.717) is 16.8 Å². The number of esters is 1. The van der Waals surface area contributed by atoms with Gasteiger partial charge in [-0.15, -0.1) is 0 Å². The van der Waals surface area contributed by atoms with Crippen LogP contribution in [0.1, 0.15) is 17.3 Å². The summed E-state index contributed by atoms with van der Waals surface area (Å²) >= 11 is 0. The van der Waals surface area contributed by atoms with Crippen molar-refractivity contribution in [2.24, 2.45) is 0 Å². The number of fused-ring (bicyclic) bond motifs is 1. The highest BCUT2D eigenvalue weighted by Crippen LogP contribution is 2.23. The van der Waals surface area contributed by atoms with E-state index in [1.54, 1.807) is 35.4 Å². The van der Waals surface area contributed by atoms with Gasteiger partial charge < -0.3 is 4.74 Å². The fourth-order valence-corrected chi connectivity index (χ4v) is 2.31. The summed E-state index contributed by atoms with van der Waals surface area (Å²) in [6.07, 6.45) is 5.07. The lowest BCUT2D eigenvalue weighted by Crippen LogP contribution is -2.13. The van der Waals surface area contributed by atoms with Crippen LogP contribution in [0.15, 0.2) is 36.8 Å². The Hall–Kier alpha value is -2.96. The van der Waals surface area contributed by atoms with Gasteiger partial charge in [0.1, 0.15) is 6.54 Å². The van der Waals surface area contributed by atoms with E-state index in [1.807, 2.05) is 6.07 Å². The second kappa shape index (κ2) is 5.44. The van der Waals surface area contributed by atoms with Crippen LogP contribution >= 0.6 is 0 Å². The Morgan fingerprint density at radius 1 is 1.27 bits per heavy atom. The van der Waals surface area contributed by atoms with Crippen molar-refractivity contribution in [3.8, 4) is 5.69 Å². The van der Waals surface area contributed by atoms with Gasteiger partial charge in [0.05, 0.1) is 24.5 Å². The molecule has 0 amide bonds. The predicted molar refractivity (Wildman–Crippen MR) is 78.9 cm³/mol. The maximum atomic E-state index is 12.0. The summed E-state index contributed by atoms with van der Waals surface area (Å²) in [6, 6.07) is 5.35. The third-order valence-corrected chi connectivity index (χ3v) is 3.40. The van der Waals surface area contributed by atoms with Gasteiger partial charge in [-0.1, -0.05) is 0 Å². The number of hydrogen-bond acceptors (Lipinski definition) is 5. The first-order valence-electron chi connectivity index (χ1n) is 6.67. The maximum absolute atomic E-state index is 12.0. The number of carbonyl (C=O) groups excluding carboxylic acids is 2. The van der Waals surface area contributed by atoms with E-state index < -0.39 is 5.97 Å². The van der Waals surface area contributed by atoms with E-state index >= 15 is 0 Å². The van der Waals surface area contributed by atoms with Crippen molar-refractivity contribution in [2.45, 2.75) is 13.5 Å².